The highest BCUT2D eigenvalue weighted by atomic mass is 32.2. The average Bonchev–Trinajstić information content (AvgIpc) is 2.89. The molecule has 1 aliphatic carbocycles. The minimum atomic E-state index is -4.45. The summed E-state index contributed by atoms with van der Waals surface area (Å²) >= 11 is 1.04. The molecule has 1 saturated carbocycles. The summed E-state index contributed by atoms with van der Waals surface area (Å²) in [5, 5.41) is 0.0805. The van der Waals surface area contributed by atoms with E-state index in [0.717, 1.165) is 23.1 Å². The third kappa shape index (κ3) is 3.27. The number of amides is 1. The molecule has 1 aromatic heterocycles. The summed E-state index contributed by atoms with van der Waals surface area (Å²) in [6.07, 6.45) is -4.35. The SMILES string of the molecule is CSc1nc2c(c(C(F)F)n1)C(=O)N(CC1(C(F)(F)F)CCCCC1)C2. The number of rotatable bonds is 4. The number of halogens is 5. The van der Waals surface area contributed by atoms with E-state index in [1.54, 1.807) is 6.26 Å². The molecule has 0 spiro atoms. The summed E-state index contributed by atoms with van der Waals surface area (Å²) in [6.45, 7) is -0.717. The Morgan fingerprint density at radius 1 is 1.19 bits per heavy atom. The van der Waals surface area contributed by atoms with Crippen molar-refractivity contribution in [3.05, 3.63) is 17.0 Å². The molecular formula is C16H18F5N3OS. The molecule has 0 saturated heterocycles. The van der Waals surface area contributed by atoms with E-state index in [0.29, 0.717) is 12.8 Å². The summed E-state index contributed by atoms with van der Waals surface area (Å²) in [5.74, 6) is -0.836. The van der Waals surface area contributed by atoms with Gasteiger partial charge in [-0.1, -0.05) is 31.0 Å². The molecule has 0 bridgehead atoms. The number of hydrogen-bond donors (Lipinski definition) is 0. The molecular weight excluding hydrogens is 377 g/mol. The smallest absolute Gasteiger partial charge is 0.332 e. The molecule has 1 aromatic rings. The maximum Gasteiger partial charge on any atom is 0.396 e. The highest BCUT2D eigenvalue weighted by Crippen LogP contribution is 2.50. The van der Waals surface area contributed by atoms with Crippen molar-refractivity contribution in [2.45, 2.75) is 56.4 Å². The van der Waals surface area contributed by atoms with Crippen LogP contribution in [0.5, 0.6) is 0 Å². The number of thioether (sulfide) groups is 1. The molecule has 144 valence electrons. The van der Waals surface area contributed by atoms with Gasteiger partial charge in [0.25, 0.3) is 12.3 Å². The summed E-state index contributed by atoms with van der Waals surface area (Å²) in [7, 11) is 0. The molecule has 0 aromatic carbocycles. The van der Waals surface area contributed by atoms with Gasteiger partial charge in [0.05, 0.1) is 23.2 Å². The fourth-order valence-electron chi connectivity index (χ4n) is 3.76. The van der Waals surface area contributed by atoms with Crippen LogP contribution in [-0.4, -0.2) is 39.8 Å². The van der Waals surface area contributed by atoms with E-state index >= 15 is 0 Å². The molecule has 3 rings (SSSR count). The van der Waals surface area contributed by atoms with Crippen LogP contribution in [0, 0.1) is 5.41 Å². The van der Waals surface area contributed by atoms with E-state index in [4.69, 9.17) is 0 Å². The zero-order valence-electron chi connectivity index (χ0n) is 14.1. The van der Waals surface area contributed by atoms with Crippen LogP contribution in [-0.2, 0) is 6.54 Å². The lowest BCUT2D eigenvalue weighted by Crippen LogP contribution is -2.48. The average molecular weight is 395 g/mol. The summed E-state index contributed by atoms with van der Waals surface area (Å²) in [5.41, 5.74) is -2.94. The first-order chi connectivity index (χ1) is 12.2. The molecule has 0 N–H and O–H groups in total. The molecule has 0 radical (unpaired) electrons. The van der Waals surface area contributed by atoms with Crippen LogP contribution in [0.4, 0.5) is 22.0 Å². The Bertz CT molecular complexity index is 704. The van der Waals surface area contributed by atoms with Crippen molar-refractivity contribution >= 4 is 17.7 Å². The van der Waals surface area contributed by atoms with Gasteiger partial charge in [0, 0.05) is 6.54 Å². The molecule has 1 amide bonds. The van der Waals surface area contributed by atoms with E-state index in [9.17, 15) is 26.7 Å². The molecule has 4 nitrogen and oxygen atoms in total. The number of fused-ring (bicyclic) bond motifs is 1. The number of aromatic nitrogens is 2. The first-order valence-corrected chi connectivity index (χ1v) is 9.50. The first kappa shape index (κ1) is 19.3. The highest BCUT2D eigenvalue weighted by molar-refractivity contribution is 7.98. The maximum absolute atomic E-state index is 13.7. The van der Waals surface area contributed by atoms with Crippen molar-refractivity contribution in [3.8, 4) is 0 Å². The summed E-state index contributed by atoms with van der Waals surface area (Å²) in [4.78, 5) is 21.4. The Kier molecular flexibility index (Phi) is 5.15. The normalized spacial score (nSPS) is 20.0. The van der Waals surface area contributed by atoms with Gasteiger partial charge in [0.15, 0.2) is 5.16 Å². The van der Waals surface area contributed by atoms with Gasteiger partial charge in [-0.05, 0) is 19.1 Å². The van der Waals surface area contributed by atoms with Gasteiger partial charge in [0.1, 0.15) is 5.69 Å². The van der Waals surface area contributed by atoms with Crippen LogP contribution in [0.2, 0.25) is 0 Å². The molecule has 2 heterocycles. The van der Waals surface area contributed by atoms with Crippen molar-refractivity contribution in [1.29, 1.82) is 0 Å². The van der Waals surface area contributed by atoms with Crippen LogP contribution in [0.15, 0.2) is 5.16 Å². The number of carbonyl (C=O) groups excluding carboxylic acids is 1. The van der Waals surface area contributed by atoms with Gasteiger partial charge < -0.3 is 4.90 Å². The lowest BCUT2D eigenvalue weighted by molar-refractivity contribution is -0.238. The molecule has 1 fully saturated rings. The predicted molar refractivity (Wildman–Crippen MR) is 85.1 cm³/mol. The molecule has 26 heavy (non-hydrogen) atoms. The van der Waals surface area contributed by atoms with E-state index in [1.807, 2.05) is 0 Å². The Morgan fingerprint density at radius 3 is 2.38 bits per heavy atom. The second kappa shape index (κ2) is 6.94. The summed E-state index contributed by atoms with van der Waals surface area (Å²) in [6, 6.07) is 0. The number of nitrogens with zero attached hydrogens (tertiary/aromatic N) is 3. The monoisotopic (exact) mass is 395 g/mol. The largest absolute Gasteiger partial charge is 0.396 e. The van der Waals surface area contributed by atoms with Crippen molar-refractivity contribution in [2.24, 2.45) is 5.41 Å². The van der Waals surface area contributed by atoms with Crippen molar-refractivity contribution < 1.29 is 26.7 Å². The van der Waals surface area contributed by atoms with Crippen LogP contribution in [0.25, 0.3) is 0 Å². The third-order valence-electron chi connectivity index (χ3n) is 5.13. The number of alkyl halides is 5. The van der Waals surface area contributed by atoms with Crippen molar-refractivity contribution in [3.63, 3.8) is 0 Å². The maximum atomic E-state index is 13.7. The quantitative estimate of drug-likeness (QED) is 0.425. The van der Waals surface area contributed by atoms with Crippen LogP contribution in [0.3, 0.4) is 0 Å². The van der Waals surface area contributed by atoms with Gasteiger partial charge in [0.2, 0.25) is 0 Å². The molecule has 0 atom stereocenters. The lowest BCUT2D eigenvalue weighted by atomic mass is 9.73. The van der Waals surface area contributed by atoms with Crippen molar-refractivity contribution in [1.82, 2.24) is 14.9 Å². The van der Waals surface area contributed by atoms with Gasteiger partial charge in [-0.25, -0.2) is 18.7 Å². The predicted octanol–water partition coefficient (Wildman–Crippen LogP) is 4.60. The lowest BCUT2D eigenvalue weighted by Gasteiger charge is -2.41. The summed E-state index contributed by atoms with van der Waals surface area (Å²) < 4.78 is 67.9. The van der Waals surface area contributed by atoms with Gasteiger partial charge >= 0.3 is 6.18 Å². The standard InChI is InChI=1S/C16H18F5N3OS/c1-26-14-22-9-7-24(13(25)10(9)11(23-14)12(17)18)8-15(16(19,20)21)5-3-2-4-6-15/h12H,2-8H2,1H3. The van der Waals surface area contributed by atoms with Crippen LogP contribution in [0.1, 0.15) is 60.3 Å². The Balaban J connectivity index is 1.93. The van der Waals surface area contributed by atoms with Crippen LogP contribution >= 0.6 is 11.8 Å². The molecule has 10 heteroatoms. The van der Waals surface area contributed by atoms with Gasteiger partial charge in [-0.3, -0.25) is 4.79 Å². The molecule has 1 aliphatic heterocycles. The van der Waals surface area contributed by atoms with Crippen LogP contribution < -0.4 is 0 Å². The topological polar surface area (TPSA) is 46.1 Å². The van der Waals surface area contributed by atoms with E-state index in [1.165, 1.54) is 0 Å². The Hall–Kier alpha value is -1.45. The fourth-order valence-corrected chi connectivity index (χ4v) is 4.15. The van der Waals surface area contributed by atoms with E-state index in [2.05, 4.69) is 9.97 Å². The number of hydrogen-bond acceptors (Lipinski definition) is 4. The van der Waals surface area contributed by atoms with Gasteiger partial charge in [-0.2, -0.15) is 13.2 Å². The highest BCUT2D eigenvalue weighted by Gasteiger charge is 2.56. The number of carbonyl (C=O) groups is 1. The fraction of sp³-hybridized carbons (Fsp3) is 0.688. The minimum absolute atomic E-state index is 0.0555. The van der Waals surface area contributed by atoms with Crippen molar-refractivity contribution in [2.75, 3.05) is 12.8 Å². The van der Waals surface area contributed by atoms with E-state index in [-0.39, 0.29) is 35.8 Å². The molecule has 0 unspecified atom stereocenters. The minimum Gasteiger partial charge on any atom is -0.332 e. The zero-order valence-corrected chi connectivity index (χ0v) is 14.9. The van der Waals surface area contributed by atoms with Gasteiger partial charge in [-0.15, -0.1) is 0 Å². The third-order valence-corrected chi connectivity index (χ3v) is 5.68. The van der Waals surface area contributed by atoms with E-state index < -0.39 is 36.2 Å². The molecule has 2 aliphatic rings. The Morgan fingerprint density at radius 2 is 1.85 bits per heavy atom. The Labute approximate surface area is 151 Å². The first-order valence-electron chi connectivity index (χ1n) is 8.27. The second-order valence-corrected chi connectivity index (χ2v) is 7.49. The zero-order chi connectivity index (χ0) is 19.1. The second-order valence-electron chi connectivity index (χ2n) is 6.72.